The second kappa shape index (κ2) is 6.00. The van der Waals surface area contributed by atoms with Crippen LogP contribution in [-0.2, 0) is 0 Å². The topological polar surface area (TPSA) is 0 Å². The summed E-state index contributed by atoms with van der Waals surface area (Å²) in [5.41, 5.74) is 0. The van der Waals surface area contributed by atoms with Crippen LogP contribution in [-0.4, -0.2) is 30.2 Å². The van der Waals surface area contributed by atoms with Crippen LogP contribution in [0.2, 0.25) is 0 Å². The molecular formula is AlCl3Li. The fraction of sp³-hybridized carbons (Fsp3) is 0. The molecule has 0 unspecified atom stereocenters. The predicted octanol–water partition coefficient (Wildman–Crippen LogP) is 1.31. The molecule has 0 saturated heterocycles. The summed E-state index contributed by atoms with van der Waals surface area (Å²) in [5.74, 6) is 0. The number of halogens is 3. The second-order valence-electron chi connectivity index (χ2n) is 0.247. The van der Waals surface area contributed by atoms with E-state index in [9.17, 15) is 0 Å². The molecule has 0 fully saturated rings. The van der Waals surface area contributed by atoms with Gasteiger partial charge in [0.15, 0.2) is 0 Å². The van der Waals surface area contributed by atoms with E-state index in [-0.39, 0.29) is 18.9 Å². The molecule has 0 atom stereocenters. The van der Waals surface area contributed by atoms with Gasteiger partial charge in [0.05, 0.1) is 0 Å². The van der Waals surface area contributed by atoms with E-state index in [2.05, 4.69) is 0 Å². The van der Waals surface area contributed by atoms with Crippen LogP contribution in [0, 0.1) is 0 Å². The Bertz CT molecular complexity index is 11.6. The van der Waals surface area contributed by atoms with E-state index >= 15 is 0 Å². The third-order valence-electron chi connectivity index (χ3n) is 0. The molecule has 0 spiro atoms. The van der Waals surface area contributed by atoms with Crippen molar-refractivity contribution in [3.05, 3.63) is 0 Å². The predicted molar refractivity (Wildman–Crippen MR) is 29.1 cm³/mol. The Labute approximate surface area is 59.9 Å². The Morgan fingerprint density at radius 3 is 1.00 bits per heavy atom. The van der Waals surface area contributed by atoms with Gasteiger partial charge in [0.2, 0.25) is 0 Å². The van der Waals surface area contributed by atoms with Crippen LogP contribution in [0.15, 0.2) is 0 Å². The second-order valence-corrected chi connectivity index (χ2v) is 6.68. The van der Waals surface area contributed by atoms with Crippen LogP contribution in [0.25, 0.3) is 0 Å². The first-order valence-corrected chi connectivity index (χ1v) is 5.89. The monoisotopic (exact) mass is 139 g/mol. The molecule has 0 nitrogen and oxygen atoms in total. The van der Waals surface area contributed by atoms with E-state index in [4.69, 9.17) is 30.1 Å². The van der Waals surface area contributed by atoms with Crippen LogP contribution in [0.5, 0.6) is 0 Å². The van der Waals surface area contributed by atoms with Crippen molar-refractivity contribution < 1.29 is 0 Å². The van der Waals surface area contributed by atoms with Crippen LogP contribution in [0.4, 0.5) is 0 Å². The molecule has 0 aliphatic rings. The zero-order valence-electron chi connectivity index (χ0n) is 2.71. The van der Waals surface area contributed by atoms with Crippen LogP contribution >= 0.6 is 30.1 Å². The SMILES string of the molecule is [Cl][Al]([Cl])[Cl].[Li]. The van der Waals surface area contributed by atoms with Crippen LogP contribution < -0.4 is 0 Å². The van der Waals surface area contributed by atoms with Crippen LogP contribution in [0.1, 0.15) is 0 Å². The molecule has 0 aromatic heterocycles. The van der Waals surface area contributed by atoms with Gasteiger partial charge in [0.25, 0.3) is 0 Å². The van der Waals surface area contributed by atoms with Gasteiger partial charge in [-0.1, -0.05) is 0 Å². The van der Waals surface area contributed by atoms with E-state index in [1.54, 1.807) is 0 Å². The first kappa shape index (κ1) is 10.1. The molecule has 0 aliphatic carbocycles. The van der Waals surface area contributed by atoms with Crippen molar-refractivity contribution in [2.45, 2.75) is 0 Å². The number of rotatable bonds is 0. The molecule has 0 aliphatic heterocycles. The van der Waals surface area contributed by atoms with E-state index in [1.807, 2.05) is 0 Å². The van der Waals surface area contributed by atoms with Crippen molar-refractivity contribution in [1.29, 1.82) is 0 Å². The van der Waals surface area contributed by atoms with Gasteiger partial charge in [-0.2, -0.15) is 0 Å². The molecule has 0 amide bonds. The van der Waals surface area contributed by atoms with Crippen molar-refractivity contribution in [3.8, 4) is 0 Å². The molecule has 5 heavy (non-hydrogen) atoms. The van der Waals surface area contributed by atoms with Crippen molar-refractivity contribution in [2.75, 3.05) is 0 Å². The summed E-state index contributed by atoms with van der Waals surface area (Å²) in [6, 6.07) is 0. The minimum atomic E-state index is -1.72. The van der Waals surface area contributed by atoms with E-state index in [1.165, 1.54) is 0 Å². The van der Waals surface area contributed by atoms with Crippen molar-refractivity contribution in [1.82, 2.24) is 0 Å². The Balaban J connectivity index is 0. The fourth-order valence-corrected chi connectivity index (χ4v) is 0. The van der Waals surface area contributed by atoms with Crippen LogP contribution in [0.3, 0.4) is 0 Å². The third kappa shape index (κ3) is 24.0. The normalized spacial score (nSPS) is 5.40. The Morgan fingerprint density at radius 2 is 1.00 bits per heavy atom. The van der Waals surface area contributed by atoms with Gasteiger partial charge in [-0.3, -0.25) is 0 Å². The summed E-state index contributed by atoms with van der Waals surface area (Å²) in [4.78, 5) is 0. The van der Waals surface area contributed by atoms with Crippen molar-refractivity contribution in [2.24, 2.45) is 0 Å². The van der Waals surface area contributed by atoms with Gasteiger partial charge in [-0.15, -0.1) is 0 Å². The minimum absolute atomic E-state index is 0. The van der Waals surface area contributed by atoms with Crippen molar-refractivity contribution >= 4 is 60.4 Å². The van der Waals surface area contributed by atoms with Gasteiger partial charge in [0, 0.05) is 18.9 Å². The molecule has 0 saturated carbocycles. The smallest absolute Gasteiger partial charge is 0.214 e. The Hall–Kier alpha value is 2.00. The molecule has 0 N–H and O–H groups in total. The fourth-order valence-electron chi connectivity index (χ4n) is 0. The molecule has 0 heterocycles. The molecule has 1 radical (unpaired) electrons. The number of hydrogen-bond acceptors (Lipinski definition) is 0. The summed E-state index contributed by atoms with van der Waals surface area (Å²) in [5, 5.41) is 0. The molecule has 0 rings (SSSR count). The quantitative estimate of drug-likeness (QED) is 0.445. The third-order valence-corrected chi connectivity index (χ3v) is 0. The van der Waals surface area contributed by atoms with E-state index in [0.717, 1.165) is 0 Å². The van der Waals surface area contributed by atoms with Gasteiger partial charge in [-0.05, 0) is 0 Å². The Morgan fingerprint density at radius 1 is 1.00 bits per heavy atom. The van der Waals surface area contributed by atoms with Crippen molar-refractivity contribution in [3.63, 3.8) is 0 Å². The summed E-state index contributed by atoms with van der Waals surface area (Å²) in [6.07, 6.45) is 0. The summed E-state index contributed by atoms with van der Waals surface area (Å²) >= 11 is -1.72. The zero-order valence-corrected chi connectivity index (χ0v) is 6.13. The summed E-state index contributed by atoms with van der Waals surface area (Å²) in [6.45, 7) is 0. The zero-order chi connectivity index (χ0) is 3.58. The molecule has 0 aromatic carbocycles. The molecule has 0 bridgehead atoms. The maximum atomic E-state index is 4.94. The molecular weight excluding hydrogens is 140 g/mol. The van der Waals surface area contributed by atoms with Gasteiger partial charge >= 0.3 is 11.4 Å². The first-order valence-electron chi connectivity index (χ1n) is 0.655. The first-order chi connectivity index (χ1) is 1.73. The number of hydrogen-bond donors (Lipinski definition) is 0. The standard InChI is InChI=1S/Al.3ClH.Li/h;3*1H;/q+3;;;;/p-3. The van der Waals surface area contributed by atoms with E-state index in [0.29, 0.717) is 0 Å². The minimum Gasteiger partial charge on any atom is -0.214 e. The van der Waals surface area contributed by atoms with Gasteiger partial charge < -0.3 is 0 Å². The summed E-state index contributed by atoms with van der Waals surface area (Å²) in [7, 11) is 14.8. The maximum absolute atomic E-state index is 4.94. The molecule has 0 aromatic rings. The summed E-state index contributed by atoms with van der Waals surface area (Å²) < 4.78 is 0. The van der Waals surface area contributed by atoms with Gasteiger partial charge in [0.1, 0.15) is 0 Å². The largest absolute Gasteiger partial charge is 0.643 e. The molecule has 5 heteroatoms. The maximum Gasteiger partial charge on any atom is 0.643 e. The Kier molecular flexibility index (Phi) is 12.1. The molecule has 25 valence electrons. The average molecular weight is 140 g/mol. The average Bonchev–Trinajstić information content (AvgIpc) is 0.811. The van der Waals surface area contributed by atoms with E-state index < -0.39 is 11.4 Å². The van der Waals surface area contributed by atoms with Gasteiger partial charge in [-0.25, -0.2) is 30.1 Å².